The van der Waals surface area contributed by atoms with Gasteiger partial charge in [-0.3, -0.25) is 4.79 Å². The molecule has 0 unspecified atom stereocenters. The number of nitrogens with one attached hydrogen (secondary N) is 1. The largest absolute Gasteiger partial charge is 0.352 e. The predicted molar refractivity (Wildman–Crippen MR) is 81.6 cm³/mol. The number of nitrogens with zero attached hydrogens (tertiary/aromatic N) is 2. The second-order valence-electron chi connectivity index (χ2n) is 4.31. The van der Waals surface area contributed by atoms with Crippen molar-refractivity contribution in [1.82, 2.24) is 15.1 Å². The third-order valence-electron chi connectivity index (χ3n) is 2.83. The number of halogens is 1. The minimum absolute atomic E-state index is 0. The van der Waals surface area contributed by atoms with Gasteiger partial charge in [0, 0.05) is 12.7 Å². The van der Waals surface area contributed by atoms with Crippen molar-refractivity contribution in [2.24, 2.45) is 5.73 Å². The number of nitrogens with two attached hydrogens (primary N) is 1. The van der Waals surface area contributed by atoms with Crippen molar-refractivity contribution < 1.29 is 4.79 Å². The van der Waals surface area contributed by atoms with Gasteiger partial charge >= 0.3 is 0 Å². The summed E-state index contributed by atoms with van der Waals surface area (Å²) >= 11 is 0. The zero-order chi connectivity index (χ0) is 13.7. The molecule has 1 amide bonds. The van der Waals surface area contributed by atoms with Crippen molar-refractivity contribution in [2.75, 3.05) is 13.1 Å². The smallest absolute Gasteiger partial charge is 0.254 e. The maximum atomic E-state index is 12.0. The van der Waals surface area contributed by atoms with Crippen LogP contribution in [-0.4, -0.2) is 28.8 Å². The van der Waals surface area contributed by atoms with E-state index in [9.17, 15) is 4.79 Å². The summed E-state index contributed by atoms with van der Waals surface area (Å²) in [6, 6.07) is 9.71. The predicted octanol–water partition coefficient (Wildman–Crippen LogP) is 1.68. The van der Waals surface area contributed by atoms with Crippen molar-refractivity contribution >= 4 is 18.3 Å². The van der Waals surface area contributed by atoms with Crippen LogP contribution < -0.4 is 11.1 Å². The Morgan fingerprint density at radius 3 is 2.70 bits per heavy atom. The molecule has 3 N–H and O–H groups in total. The Morgan fingerprint density at radius 1 is 1.35 bits per heavy atom. The summed E-state index contributed by atoms with van der Waals surface area (Å²) in [6.45, 7) is 2.99. The first-order chi connectivity index (χ1) is 9.22. The Bertz CT molecular complexity index is 554. The average Bonchev–Trinajstić information content (AvgIpc) is 2.82. The SMILES string of the molecule is Cc1nn(-c2ccccc2)cc1C(=O)NCCCN.Cl. The van der Waals surface area contributed by atoms with Crippen molar-refractivity contribution in [1.29, 1.82) is 0 Å². The first-order valence-electron chi connectivity index (χ1n) is 6.32. The summed E-state index contributed by atoms with van der Waals surface area (Å²) in [4.78, 5) is 12.0. The van der Waals surface area contributed by atoms with Crippen molar-refractivity contribution in [3.05, 3.63) is 47.8 Å². The molecule has 0 fully saturated rings. The summed E-state index contributed by atoms with van der Waals surface area (Å²) in [5.41, 5.74) is 7.65. The molecule has 1 aromatic carbocycles. The maximum Gasteiger partial charge on any atom is 0.254 e. The average molecular weight is 295 g/mol. The van der Waals surface area contributed by atoms with E-state index in [1.807, 2.05) is 37.3 Å². The molecule has 0 aliphatic rings. The van der Waals surface area contributed by atoms with Crippen LogP contribution in [0.4, 0.5) is 0 Å². The van der Waals surface area contributed by atoms with E-state index in [2.05, 4.69) is 10.4 Å². The second kappa shape index (κ2) is 7.67. The molecule has 108 valence electrons. The fourth-order valence-electron chi connectivity index (χ4n) is 1.80. The van der Waals surface area contributed by atoms with Crippen LogP contribution in [-0.2, 0) is 0 Å². The summed E-state index contributed by atoms with van der Waals surface area (Å²) in [5.74, 6) is -0.104. The molecular weight excluding hydrogens is 276 g/mol. The van der Waals surface area contributed by atoms with E-state index < -0.39 is 0 Å². The van der Waals surface area contributed by atoms with Gasteiger partial charge in [0.05, 0.1) is 16.9 Å². The van der Waals surface area contributed by atoms with Gasteiger partial charge in [0.1, 0.15) is 0 Å². The number of amides is 1. The molecule has 0 aliphatic heterocycles. The quantitative estimate of drug-likeness (QED) is 0.824. The molecule has 0 saturated heterocycles. The number of benzene rings is 1. The lowest BCUT2D eigenvalue weighted by Crippen LogP contribution is -2.26. The normalized spacial score (nSPS) is 9.90. The molecule has 0 atom stereocenters. The highest BCUT2D eigenvalue weighted by Crippen LogP contribution is 2.11. The van der Waals surface area contributed by atoms with E-state index in [0.717, 1.165) is 12.1 Å². The zero-order valence-corrected chi connectivity index (χ0v) is 12.2. The van der Waals surface area contributed by atoms with Gasteiger partial charge in [0.2, 0.25) is 0 Å². The first-order valence-corrected chi connectivity index (χ1v) is 6.32. The molecule has 1 aromatic heterocycles. The molecular formula is C14H19ClN4O. The summed E-state index contributed by atoms with van der Waals surface area (Å²) < 4.78 is 1.72. The lowest BCUT2D eigenvalue weighted by atomic mass is 10.2. The van der Waals surface area contributed by atoms with Crippen LogP contribution in [0.1, 0.15) is 22.5 Å². The van der Waals surface area contributed by atoms with Gasteiger partial charge < -0.3 is 11.1 Å². The van der Waals surface area contributed by atoms with E-state index in [1.165, 1.54) is 0 Å². The number of hydrogen-bond donors (Lipinski definition) is 2. The molecule has 20 heavy (non-hydrogen) atoms. The fourth-order valence-corrected chi connectivity index (χ4v) is 1.80. The number of hydrogen-bond acceptors (Lipinski definition) is 3. The molecule has 0 radical (unpaired) electrons. The second-order valence-corrected chi connectivity index (χ2v) is 4.31. The van der Waals surface area contributed by atoms with Crippen LogP contribution in [0, 0.1) is 6.92 Å². The third-order valence-corrected chi connectivity index (χ3v) is 2.83. The van der Waals surface area contributed by atoms with Gasteiger partial charge in [-0.2, -0.15) is 5.10 Å². The Balaban J connectivity index is 0.00000200. The van der Waals surface area contributed by atoms with Gasteiger partial charge in [-0.15, -0.1) is 12.4 Å². The standard InChI is InChI=1S/C14H18N4O.ClH/c1-11-13(14(19)16-9-5-8-15)10-18(17-11)12-6-3-2-4-7-12;/h2-4,6-7,10H,5,8-9,15H2,1H3,(H,16,19);1H. The fraction of sp³-hybridized carbons (Fsp3) is 0.286. The molecule has 0 spiro atoms. The first kappa shape index (κ1) is 16.2. The van der Waals surface area contributed by atoms with Crippen LogP contribution in [0.3, 0.4) is 0 Å². The molecule has 2 aromatic rings. The number of carbonyl (C=O) groups excluding carboxylic acids is 1. The summed E-state index contributed by atoms with van der Waals surface area (Å²) in [7, 11) is 0. The van der Waals surface area contributed by atoms with Crippen molar-refractivity contribution in [3.63, 3.8) is 0 Å². The highest BCUT2D eigenvalue weighted by atomic mass is 35.5. The molecule has 6 heteroatoms. The number of carbonyl (C=O) groups is 1. The van der Waals surface area contributed by atoms with Gasteiger partial charge in [0.15, 0.2) is 0 Å². The van der Waals surface area contributed by atoms with Gasteiger partial charge in [-0.25, -0.2) is 4.68 Å². The number of aryl methyl sites for hydroxylation is 1. The van der Waals surface area contributed by atoms with Gasteiger partial charge in [0.25, 0.3) is 5.91 Å². The summed E-state index contributed by atoms with van der Waals surface area (Å²) in [5, 5.41) is 7.19. The third kappa shape index (κ3) is 3.82. The van der Waals surface area contributed by atoms with Crippen LogP contribution in [0.15, 0.2) is 36.5 Å². The van der Waals surface area contributed by atoms with E-state index in [1.54, 1.807) is 10.9 Å². The highest BCUT2D eigenvalue weighted by Gasteiger charge is 2.13. The van der Waals surface area contributed by atoms with Crippen molar-refractivity contribution in [3.8, 4) is 5.69 Å². The van der Waals surface area contributed by atoms with Crippen LogP contribution in [0.2, 0.25) is 0 Å². The van der Waals surface area contributed by atoms with E-state index in [-0.39, 0.29) is 18.3 Å². The molecule has 0 saturated carbocycles. The molecule has 1 heterocycles. The lowest BCUT2D eigenvalue weighted by Gasteiger charge is -2.02. The molecule has 0 aliphatic carbocycles. The Labute approximate surface area is 124 Å². The maximum absolute atomic E-state index is 12.0. The number of para-hydroxylation sites is 1. The number of rotatable bonds is 5. The molecule has 2 rings (SSSR count). The number of aromatic nitrogens is 2. The van der Waals surface area contributed by atoms with Crippen LogP contribution >= 0.6 is 12.4 Å². The zero-order valence-electron chi connectivity index (χ0n) is 11.4. The van der Waals surface area contributed by atoms with Gasteiger partial charge in [-0.1, -0.05) is 18.2 Å². The summed E-state index contributed by atoms with van der Waals surface area (Å²) in [6.07, 6.45) is 2.53. The van der Waals surface area contributed by atoms with E-state index in [0.29, 0.717) is 24.3 Å². The van der Waals surface area contributed by atoms with Crippen molar-refractivity contribution in [2.45, 2.75) is 13.3 Å². The Kier molecular flexibility index (Phi) is 6.21. The van der Waals surface area contributed by atoms with Crippen LogP contribution in [0.5, 0.6) is 0 Å². The van der Waals surface area contributed by atoms with Gasteiger partial charge in [-0.05, 0) is 32.0 Å². The minimum Gasteiger partial charge on any atom is -0.352 e. The monoisotopic (exact) mass is 294 g/mol. The molecule has 0 bridgehead atoms. The minimum atomic E-state index is -0.104. The lowest BCUT2D eigenvalue weighted by molar-refractivity contribution is 0.0953. The Hall–Kier alpha value is -1.85. The van der Waals surface area contributed by atoms with E-state index in [4.69, 9.17) is 5.73 Å². The Morgan fingerprint density at radius 2 is 2.05 bits per heavy atom. The van der Waals surface area contributed by atoms with E-state index >= 15 is 0 Å². The highest BCUT2D eigenvalue weighted by molar-refractivity contribution is 5.95. The topological polar surface area (TPSA) is 72.9 Å². The molecule has 5 nitrogen and oxygen atoms in total. The van der Waals surface area contributed by atoms with Crippen LogP contribution in [0.25, 0.3) is 5.69 Å².